The first kappa shape index (κ1) is 32.0. The minimum absolute atomic E-state index is 0.301. The quantitative estimate of drug-likeness (QED) is 0.136. The highest BCUT2D eigenvalue weighted by atomic mass is 15.0. The third-order valence-electron chi connectivity index (χ3n) is 9.72. The summed E-state index contributed by atoms with van der Waals surface area (Å²) in [4.78, 5) is 24.8. The van der Waals surface area contributed by atoms with E-state index < -0.39 is 0 Å². The summed E-state index contributed by atoms with van der Waals surface area (Å²) in [6.45, 7) is 5.07. The highest BCUT2D eigenvalue weighted by Gasteiger charge is 2.36. The van der Waals surface area contributed by atoms with Crippen molar-refractivity contribution in [1.82, 2.24) is 15.0 Å². The fraction of sp³-hybridized carbons (Fsp3) is 0.133. The Morgan fingerprint density at radius 2 is 1.24 bits per heavy atom. The van der Waals surface area contributed by atoms with Gasteiger partial charge in [-0.25, -0.2) is 19.9 Å². The van der Waals surface area contributed by atoms with Crippen LogP contribution >= 0.6 is 0 Å². The number of amidine groups is 2. The second-order valence-electron chi connectivity index (χ2n) is 13.5. The number of aliphatic imine (C=N–C) groups is 2. The minimum atomic E-state index is -0.301. The third kappa shape index (κ3) is 6.44. The van der Waals surface area contributed by atoms with Crippen LogP contribution in [-0.2, 0) is 12.0 Å². The zero-order valence-electron chi connectivity index (χ0n) is 28.8. The first-order valence-electron chi connectivity index (χ1n) is 17.4. The lowest BCUT2D eigenvalue weighted by atomic mass is 9.81. The number of fused-ring (bicyclic) bond motifs is 3. The molecule has 51 heavy (non-hydrogen) atoms. The normalized spacial score (nSPS) is 14.9. The van der Waals surface area contributed by atoms with Gasteiger partial charge in [0.15, 0.2) is 23.3 Å². The van der Waals surface area contributed by atoms with Gasteiger partial charge in [0.1, 0.15) is 5.84 Å². The van der Waals surface area contributed by atoms with Crippen LogP contribution in [0.25, 0.3) is 45.3 Å². The van der Waals surface area contributed by atoms with Crippen molar-refractivity contribution in [2.75, 3.05) is 0 Å². The maximum atomic E-state index is 6.61. The Kier molecular flexibility index (Phi) is 8.50. The van der Waals surface area contributed by atoms with Crippen LogP contribution in [0.5, 0.6) is 0 Å². The Morgan fingerprint density at radius 1 is 0.667 bits per heavy atom. The Labute approximate surface area is 298 Å². The second kappa shape index (κ2) is 13.6. The average Bonchev–Trinajstić information content (AvgIpc) is 3.42. The fourth-order valence-corrected chi connectivity index (χ4v) is 6.90. The van der Waals surface area contributed by atoms with Crippen molar-refractivity contribution in [3.8, 4) is 45.3 Å². The molecule has 2 N–H and O–H groups in total. The van der Waals surface area contributed by atoms with E-state index in [0.717, 1.165) is 46.2 Å². The Morgan fingerprint density at radius 3 is 1.84 bits per heavy atom. The molecule has 0 aliphatic heterocycles. The highest BCUT2D eigenvalue weighted by Crippen LogP contribution is 2.50. The molecule has 0 saturated carbocycles. The molecule has 6 aromatic rings. The van der Waals surface area contributed by atoms with Gasteiger partial charge in [0.25, 0.3) is 0 Å². The lowest BCUT2D eigenvalue weighted by molar-refractivity contribution is 0.660. The number of aromatic nitrogens is 3. The molecule has 0 saturated heterocycles. The molecular weight excluding hydrogens is 625 g/mol. The van der Waals surface area contributed by atoms with Crippen LogP contribution in [0.4, 0.5) is 0 Å². The van der Waals surface area contributed by atoms with Crippen molar-refractivity contribution in [3.05, 3.63) is 173 Å². The molecule has 248 valence electrons. The van der Waals surface area contributed by atoms with Crippen molar-refractivity contribution < 1.29 is 0 Å². The summed E-state index contributed by atoms with van der Waals surface area (Å²) in [7, 11) is 0. The maximum Gasteiger partial charge on any atom is 0.164 e. The predicted molar refractivity (Wildman–Crippen MR) is 208 cm³/mol. The van der Waals surface area contributed by atoms with Crippen LogP contribution < -0.4 is 5.73 Å². The van der Waals surface area contributed by atoms with Crippen LogP contribution in [0.2, 0.25) is 0 Å². The summed E-state index contributed by atoms with van der Waals surface area (Å²) in [5.41, 5.74) is 17.1. The van der Waals surface area contributed by atoms with Crippen molar-refractivity contribution in [2.24, 2.45) is 15.7 Å². The molecule has 8 rings (SSSR count). The fourth-order valence-electron chi connectivity index (χ4n) is 6.90. The molecule has 1 aromatic heterocycles. The minimum Gasteiger partial charge on any atom is -0.383 e. The SMILES string of the molecule is CC1(C)c2cc(C(N=C(N)C3=CC=CCC3)=NCc3ccccc3)ccc2-c2ccc(-c3nc(-c4ccccc4)nc(-c4ccccc4)n3)cc21. The van der Waals surface area contributed by atoms with Crippen LogP contribution in [0.1, 0.15) is 48.9 Å². The van der Waals surface area contributed by atoms with Crippen molar-refractivity contribution >= 4 is 11.7 Å². The van der Waals surface area contributed by atoms with E-state index in [9.17, 15) is 0 Å². The largest absolute Gasteiger partial charge is 0.383 e. The summed E-state index contributed by atoms with van der Waals surface area (Å²) in [5, 5.41) is 0. The zero-order valence-corrected chi connectivity index (χ0v) is 28.8. The summed E-state index contributed by atoms with van der Waals surface area (Å²) < 4.78 is 0. The average molecular weight is 663 g/mol. The topological polar surface area (TPSA) is 89.4 Å². The number of benzene rings is 5. The van der Waals surface area contributed by atoms with E-state index >= 15 is 0 Å². The van der Waals surface area contributed by atoms with Gasteiger partial charge in [-0.2, -0.15) is 0 Å². The number of allylic oxidation sites excluding steroid dienone is 3. The van der Waals surface area contributed by atoms with Crippen molar-refractivity contribution in [1.29, 1.82) is 0 Å². The molecule has 0 unspecified atom stereocenters. The predicted octanol–water partition coefficient (Wildman–Crippen LogP) is 9.76. The molecule has 2 aliphatic carbocycles. The van der Waals surface area contributed by atoms with Gasteiger partial charge in [-0.1, -0.05) is 147 Å². The summed E-state index contributed by atoms with van der Waals surface area (Å²) in [6.07, 6.45) is 8.08. The molecule has 2 aliphatic rings. The van der Waals surface area contributed by atoms with Gasteiger partial charge in [0.05, 0.1) is 6.54 Å². The number of nitrogens with two attached hydrogens (primary N) is 1. The first-order valence-corrected chi connectivity index (χ1v) is 17.4. The van der Waals surface area contributed by atoms with Gasteiger partial charge in [-0.15, -0.1) is 0 Å². The number of hydrogen-bond acceptors (Lipinski definition) is 4. The lowest BCUT2D eigenvalue weighted by Gasteiger charge is -2.22. The Balaban J connectivity index is 1.19. The summed E-state index contributed by atoms with van der Waals surface area (Å²) >= 11 is 0. The molecule has 0 radical (unpaired) electrons. The maximum absolute atomic E-state index is 6.61. The van der Waals surface area contributed by atoms with Gasteiger partial charge >= 0.3 is 0 Å². The molecule has 0 amide bonds. The van der Waals surface area contributed by atoms with E-state index in [4.69, 9.17) is 30.7 Å². The van der Waals surface area contributed by atoms with Crippen LogP contribution in [0.3, 0.4) is 0 Å². The van der Waals surface area contributed by atoms with Crippen LogP contribution in [0, 0.1) is 0 Å². The molecule has 0 bridgehead atoms. The van der Waals surface area contributed by atoms with E-state index in [1.54, 1.807) is 0 Å². The molecule has 0 spiro atoms. The molecule has 6 nitrogen and oxygen atoms in total. The van der Waals surface area contributed by atoms with E-state index in [-0.39, 0.29) is 5.41 Å². The first-order chi connectivity index (χ1) is 24.9. The van der Waals surface area contributed by atoms with Crippen LogP contribution in [-0.4, -0.2) is 26.6 Å². The third-order valence-corrected chi connectivity index (χ3v) is 9.72. The smallest absolute Gasteiger partial charge is 0.164 e. The highest BCUT2D eigenvalue weighted by molar-refractivity contribution is 6.11. The van der Waals surface area contributed by atoms with Crippen molar-refractivity contribution in [2.45, 2.75) is 38.6 Å². The second-order valence-corrected chi connectivity index (χ2v) is 13.5. The van der Waals surface area contributed by atoms with E-state index in [1.807, 2.05) is 84.9 Å². The lowest BCUT2D eigenvalue weighted by Crippen LogP contribution is -2.19. The standard InChI is InChI=1S/C45H38N6/c1-45(2)38-27-34(41(47-29-30-15-7-3-8-16-30)48-40(46)31-17-9-4-10-18-31)23-25-36(38)37-26-24-35(28-39(37)45)44-50-42(32-19-11-5-12-20-32)49-43(51-44)33-21-13-6-14-22-33/h3-9,11-17,19-28H,10,18,29H2,1-2H3,(H2,46,47,48). The number of hydrogen-bond donors (Lipinski definition) is 1. The van der Waals surface area contributed by atoms with Gasteiger partial charge in [0.2, 0.25) is 0 Å². The van der Waals surface area contributed by atoms with Gasteiger partial charge in [-0.3, -0.25) is 4.99 Å². The van der Waals surface area contributed by atoms with Crippen LogP contribution in [0.15, 0.2) is 161 Å². The van der Waals surface area contributed by atoms with Gasteiger partial charge < -0.3 is 5.73 Å². The van der Waals surface area contributed by atoms with E-state index in [2.05, 4.69) is 74.5 Å². The number of rotatable bonds is 7. The van der Waals surface area contributed by atoms with E-state index in [0.29, 0.717) is 35.7 Å². The summed E-state index contributed by atoms with van der Waals surface area (Å²) in [5.74, 6) is 3.09. The summed E-state index contributed by atoms with van der Waals surface area (Å²) in [6, 6.07) is 43.6. The number of nitrogens with zero attached hydrogens (tertiary/aromatic N) is 5. The van der Waals surface area contributed by atoms with Gasteiger partial charge in [-0.05, 0) is 58.4 Å². The molecular formula is C45H38N6. The van der Waals surface area contributed by atoms with Gasteiger partial charge in [0, 0.05) is 27.7 Å². The molecule has 1 heterocycles. The monoisotopic (exact) mass is 662 g/mol. The Bertz CT molecular complexity index is 2300. The zero-order chi connectivity index (χ0) is 34.8. The van der Waals surface area contributed by atoms with E-state index in [1.165, 1.54) is 22.3 Å². The molecule has 0 atom stereocenters. The molecule has 5 aromatic carbocycles. The molecule has 6 heteroatoms. The van der Waals surface area contributed by atoms with Crippen molar-refractivity contribution in [3.63, 3.8) is 0 Å². The molecule has 0 fully saturated rings. The Hall–Kier alpha value is -6.27.